The fourth-order valence-electron chi connectivity index (χ4n) is 2.07. The van der Waals surface area contributed by atoms with Crippen LogP contribution in [-0.2, 0) is 9.53 Å². The summed E-state index contributed by atoms with van der Waals surface area (Å²) in [5, 5.41) is 0. The van der Waals surface area contributed by atoms with Crippen LogP contribution in [0.1, 0.15) is 40.0 Å². The maximum Gasteiger partial charge on any atom is 0.309 e. The van der Waals surface area contributed by atoms with Crippen molar-refractivity contribution in [3.05, 3.63) is 0 Å². The number of rotatable bonds is 3. The van der Waals surface area contributed by atoms with Gasteiger partial charge in [-0.25, -0.2) is 0 Å². The van der Waals surface area contributed by atoms with Gasteiger partial charge in [0.25, 0.3) is 0 Å². The Bertz CT molecular complexity index is 251. The van der Waals surface area contributed by atoms with Crippen LogP contribution in [0.3, 0.4) is 0 Å². The summed E-state index contributed by atoms with van der Waals surface area (Å²) in [7, 11) is -0.957. The number of esters is 1. The van der Waals surface area contributed by atoms with Gasteiger partial charge in [0.05, 0.1) is 5.92 Å². The largest absolute Gasteiger partial charge is 0.459 e. The van der Waals surface area contributed by atoms with Gasteiger partial charge in [-0.05, 0) is 26.2 Å². The lowest BCUT2D eigenvalue weighted by molar-refractivity contribution is -0.163. The van der Waals surface area contributed by atoms with Gasteiger partial charge < -0.3 is 4.74 Å². The van der Waals surface area contributed by atoms with Crippen molar-refractivity contribution in [2.24, 2.45) is 5.92 Å². The van der Waals surface area contributed by atoms with E-state index < -0.39 is 8.07 Å². The van der Waals surface area contributed by atoms with Gasteiger partial charge in [0.2, 0.25) is 0 Å². The van der Waals surface area contributed by atoms with Gasteiger partial charge in [-0.2, -0.15) is 0 Å². The molecule has 1 saturated heterocycles. The molecule has 0 bridgehead atoms. The van der Waals surface area contributed by atoms with Gasteiger partial charge in [-0.1, -0.05) is 39.0 Å². The molecule has 1 unspecified atom stereocenters. The van der Waals surface area contributed by atoms with Crippen molar-refractivity contribution in [3.63, 3.8) is 0 Å². The molecule has 0 amide bonds. The summed E-state index contributed by atoms with van der Waals surface area (Å²) >= 11 is 0. The van der Waals surface area contributed by atoms with Crippen LogP contribution in [0.2, 0.25) is 25.2 Å². The number of carbonyl (C=O) groups excluding carboxylic acids is 1. The highest BCUT2D eigenvalue weighted by molar-refractivity contribution is 6.77. The molecule has 0 radical (unpaired) electrons. The van der Waals surface area contributed by atoms with Crippen molar-refractivity contribution in [2.45, 2.75) is 70.8 Å². The van der Waals surface area contributed by atoms with Gasteiger partial charge in [0.1, 0.15) is 5.60 Å². The summed E-state index contributed by atoms with van der Waals surface area (Å²) in [6, 6.07) is 2.58. The fraction of sp³-hybridized carbons (Fsp3) is 0.923. The lowest BCUT2D eigenvalue weighted by atomic mass is 9.98. The van der Waals surface area contributed by atoms with Crippen LogP contribution in [0, 0.1) is 5.92 Å². The third-order valence-electron chi connectivity index (χ3n) is 4.02. The smallest absolute Gasteiger partial charge is 0.309 e. The Balaban J connectivity index is 2.51. The van der Waals surface area contributed by atoms with Crippen molar-refractivity contribution in [1.29, 1.82) is 0 Å². The Kier molecular flexibility index (Phi) is 4.21. The van der Waals surface area contributed by atoms with E-state index in [9.17, 15) is 4.79 Å². The molecule has 1 fully saturated rings. The fourth-order valence-corrected chi connectivity index (χ4v) is 4.73. The molecule has 1 heterocycles. The second kappa shape index (κ2) is 4.90. The van der Waals surface area contributed by atoms with Gasteiger partial charge in [-0.15, -0.1) is 0 Å². The summed E-state index contributed by atoms with van der Waals surface area (Å²) in [4.78, 5) is 11.8. The molecule has 0 saturated carbocycles. The van der Waals surface area contributed by atoms with E-state index in [0.717, 1.165) is 19.3 Å². The van der Waals surface area contributed by atoms with Crippen molar-refractivity contribution in [1.82, 2.24) is 0 Å². The average Bonchev–Trinajstić information content (AvgIpc) is 2.22. The molecular formula is C13H26O2Si. The van der Waals surface area contributed by atoms with Gasteiger partial charge >= 0.3 is 5.97 Å². The van der Waals surface area contributed by atoms with Crippen LogP contribution in [0.15, 0.2) is 0 Å². The van der Waals surface area contributed by atoms with E-state index in [1.165, 1.54) is 12.1 Å². The van der Waals surface area contributed by atoms with E-state index in [4.69, 9.17) is 4.74 Å². The van der Waals surface area contributed by atoms with Crippen LogP contribution < -0.4 is 0 Å². The van der Waals surface area contributed by atoms with Gasteiger partial charge in [0.15, 0.2) is 0 Å². The third kappa shape index (κ3) is 3.61. The molecule has 0 aromatic heterocycles. The van der Waals surface area contributed by atoms with E-state index in [1.807, 2.05) is 13.8 Å². The molecule has 0 aromatic carbocycles. The summed E-state index contributed by atoms with van der Waals surface area (Å²) in [6.45, 7) is 11.0. The van der Waals surface area contributed by atoms with Crippen LogP contribution in [0.4, 0.5) is 0 Å². The molecule has 1 aliphatic rings. The Morgan fingerprint density at radius 2 is 1.88 bits per heavy atom. The second-order valence-corrected chi connectivity index (χ2v) is 11.7. The minimum atomic E-state index is -0.957. The third-order valence-corrected chi connectivity index (χ3v) is 7.23. The molecule has 0 spiro atoms. The zero-order valence-electron chi connectivity index (χ0n) is 11.4. The van der Waals surface area contributed by atoms with Gasteiger partial charge in [-0.3, -0.25) is 4.79 Å². The lowest BCUT2D eigenvalue weighted by Crippen LogP contribution is -2.43. The van der Waals surface area contributed by atoms with E-state index in [1.54, 1.807) is 0 Å². The first kappa shape index (κ1) is 13.8. The molecule has 1 aliphatic heterocycles. The van der Waals surface area contributed by atoms with Gasteiger partial charge in [0, 0.05) is 8.07 Å². The zero-order valence-corrected chi connectivity index (χ0v) is 12.4. The molecule has 16 heavy (non-hydrogen) atoms. The maximum atomic E-state index is 11.8. The topological polar surface area (TPSA) is 26.3 Å². The molecule has 2 nitrogen and oxygen atoms in total. The SMILES string of the molecule is CCC(C)C(=O)OC1(C)CC[Si](C)(C)CC1. The van der Waals surface area contributed by atoms with E-state index in [-0.39, 0.29) is 17.5 Å². The van der Waals surface area contributed by atoms with E-state index in [2.05, 4.69) is 20.0 Å². The molecule has 94 valence electrons. The first-order chi connectivity index (χ1) is 7.28. The minimum absolute atomic E-state index is 0.00799. The first-order valence-corrected chi connectivity index (χ1v) is 9.92. The quantitative estimate of drug-likeness (QED) is 0.555. The summed E-state index contributed by atoms with van der Waals surface area (Å²) < 4.78 is 5.71. The Hall–Kier alpha value is -0.313. The second-order valence-electron chi connectivity index (χ2n) is 6.34. The van der Waals surface area contributed by atoms with Crippen molar-refractivity contribution in [3.8, 4) is 0 Å². The summed E-state index contributed by atoms with van der Waals surface area (Å²) in [6.07, 6.45) is 3.00. The molecule has 3 heteroatoms. The van der Waals surface area contributed by atoms with E-state index >= 15 is 0 Å². The Morgan fingerprint density at radius 3 is 2.31 bits per heavy atom. The van der Waals surface area contributed by atoms with Crippen LogP contribution in [-0.4, -0.2) is 19.6 Å². The van der Waals surface area contributed by atoms with Crippen molar-refractivity contribution >= 4 is 14.0 Å². The summed E-state index contributed by atoms with van der Waals surface area (Å²) in [5.74, 6) is 0.0374. The van der Waals surface area contributed by atoms with E-state index in [0.29, 0.717) is 0 Å². The predicted octanol–water partition coefficient (Wildman–Crippen LogP) is 3.84. The van der Waals surface area contributed by atoms with Crippen LogP contribution in [0.5, 0.6) is 0 Å². The molecule has 0 aromatic rings. The predicted molar refractivity (Wildman–Crippen MR) is 70.3 cm³/mol. The average molecular weight is 242 g/mol. The summed E-state index contributed by atoms with van der Waals surface area (Å²) in [5.41, 5.74) is -0.178. The number of hydrogen-bond donors (Lipinski definition) is 0. The van der Waals surface area contributed by atoms with Crippen molar-refractivity contribution < 1.29 is 9.53 Å². The Labute approximate surface area is 101 Å². The maximum absolute atomic E-state index is 11.8. The molecule has 1 atom stereocenters. The molecule has 0 aliphatic carbocycles. The van der Waals surface area contributed by atoms with Crippen molar-refractivity contribution in [2.75, 3.05) is 0 Å². The van der Waals surface area contributed by atoms with Crippen LogP contribution in [0.25, 0.3) is 0 Å². The first-order valence-electron chi connectivity index (χ1n) is 6.51. The standard InChI is InChI=1S/C13H26O2Si/c1-6-11(2)12(14)15-13(3)7-9-16(4,5)10-8-13/h11H,6-10H2,1-5H3. The molecule has 1 rings (SSSR count). The minimum Gasteiger partial charge on any atom is -0.459 e. The zero-order chi connectivity index (χ0) is 12.4. The highest BCUT2D eigenvalue weighted by Gasteiger charge is 2.38. The molecular weight excluding hydrogens is 216 g/mol. The van der Waals surface area contributed by atoms with Crippen LogP contribution >= 0.6 is 0 Å². The number of hydrogen-bond acceptors (Lipinski definition) is 2. The number of carbonyl (C=O) groups is 1. The highest BCUT2D eigenvalue weighted by Crippen LogP contribution is 2.37. The normalized spacial score (nSPS) is 24.8. The number of ether oxygens (including phenoxy) is 1. The monoisotopic (exact) mass is 242 g/mol. The highest BCUT2D eigenvalue weighted by atomic mass is 28.3. The Morgan fingerprint density at radius 1 is 1.38 bits per heavy atom. The molecule has 0 N–H and O–H groups in total. The lowest BCUT2D eigenvalue weighted by Gasteiger charge is -2.40.